The van der Waals surface area contributed by atoms with E-state index in [2.05, 4.69) is 60.5 Å². The average Bonchev–Trinajstić information content (AvgIpc) is 3.24. The molecule has 5 nitrogen and oxygen atoms in total. The van der Waals surface area contributed by atoms with Crippen LogP contribution in [0, 0.1) is 5.92 Å². The first-order chi connectivity index (χ1) is 12.0. The number of likely N-dealkylation sites (tertiary alicyclic amines) is 1. The van der Waals surface area contributed by atoms with E-state index in [1.165, 1.54) is 31.6 Å². The Bertz CT molecular complexity index is 532. The predicted octanol–water partition coefficient (Wildman–Crippen LogP) is 3.44. The van der Waals surface area contributed by atoms with Crippen LogP contribution >= 0.6 is 11.3 Å². The highest BCUT2D eigenvalue weighted by Crippen LogP contribution is 2.19. The molecule has 1 aliphatic rings. The Hall–Kier alpha value is -1.14. The molecule has 6 heteroatoms. The molecule has 2 rings (SSSR count). The number of thiazole rings is 1. The van der Waals surface area contributed by atoms with Crippen molar-refractivity contribution >= 4 is 17.3 Å². The lowest BCUT2D eigenvalue weighted by Crippen LogP contribution is -2.48. The number of aliphatic imine (C=N–C) groups is 1. The summed E-state index contributed by atoms with van der Waals surface area (Å²) in [5.74, 6) is 2.02. The highest BCUT2D eigenvalue weighted by Gasteiger charge is 2.24. The number of guanidine groups is 1. The van der Waals surface area contributed by atoms with Gasteiger partial charge in [-0.2, -0.15) is 0 Å². The van der Waals surface area contributed by atoms with E-state index in [4.69, 9.17) is 4.99 Å². The average molecular weight is 366 g/mol. The van der Waals surface area contributed by atoms with Crippen molar-refractivity contribution < 1.29 is 0 Å². The van der Waals surface area contributed by atoms with Crippen LogP contribution < -0.4 is 10.6 Å². The molecule has 0 aliphatic carbocycles. The van der Waals surface area contributed by atoms with E-state index in [-0.39, 0.29) is 0 Å². The summed E-state index contributed by atoms with van der Waals surface area (Å²) in [5.41, 5.74) is 1.17. The minimum absolute atomic E-state index is 0.479. The monoisotopic (exact) mass is 365 g/mol. The van der Waals surface area contributed by atoms with Gasteiger partial charge in [0.2, 0.25) is 0 Å². The topological polar surface area (TPSA) is 52.6 Å². The van der Waals surface area contributed by atoms with Gasteiger partial charge in [0.15, 0.2) is 5.96 Å². The highest BCUT2D eigenvalue weighted by molar-refractivity contribution is 7.09. The minimum Gasteiger partial charge on any atom is -0.357 e. The fourth-order valence-corrected chi connectivity index (χ4v) is 4.09. The molecule has 1 fully saturated rings. The maximum atomic E-state index is 4.74. The third kappa shape index (κ3) is 6.26. The Morgan fingerprint density at radius 1 is 1.24 bits per heavy atom. The van der Waals surface area contributed by atoms with Crippen molar-refractivity contribution in [1.29, 1.82) is 0 Å². The van der Waals surface area contributed by atoms with Crippen LogP contribution in [-0.2, 0) is 6.54 Å². The van der Waals surface area contributed by atoms with E-state index >= 15 is 0 Å². The lowest BCUT2D eigenvalue weighted by Gasteiger charge is -2.31. The van der Waals surface area contributed by atoms with Crippen molar-refractivity contribution in [3.63, 3.8) is 0 Å². The van der Waals surface area contributed by atoms with Gasteiger partial charge in [-0.25, -0.2) is 9.98 Å². The van der Waals surface area contributed by atoms with E-state index in [1.54, 1.807) is 11.3 Å². The molecule has 0 bridgehead atoms. The van der Waals surface area contributed by atoms with Crippen LogP contribution in [0.15, 0.2) is 10.4 Å². The van der Waals surface area contributed by atoms with Crippen molar-refractivity contribution in [2.75, 3.05) is 26.2 Å². The first-order valence-electron chi connectivity index (χ1n) is 9.71. The fraction of sp³-hybridized carbons (Fsp3) is 0.789. The lowest BCUT2D eigenvalue weighted by atomic mass is 10.0. The Balaban J connectivity index is 1.93. The molecule has 1 aromatic heterocycles. The fourth-order valence-electron chi connectivity index (χ4n) is 3.21. The summed E-state index contributed by atoms with van der Waals surface area (Å²) in [7, 11) is 0. The Morgan fingerprint density at radius 2 is 1.96 bits per heavy atom. The largest absolute Gasteiger partial charge is 0.357 e. The molecule has 1 atom stereocenters. The molecular formula is C19H35N5S. The van der Waals surface area contributed by atoms with E-state index in [1.807, 2.05) is 0 Å². The number of nitrogens with one attached hydrogen (secondary N) is 2. The molecule has 142 valence electrons. The molecule has 2 N–H and O–H groups in total. The van der Waals surface area contributed by atoms with Gasteiger partial charge in [-0.05, 0) is 44.7 Å². The van der Waals surface area contributed by atoms with Crippen molar-refractivity contribution in [3.8, 4) is 0 Å². The number of hydrogen-bond donors (Lipinski definition) is 2. The van der Waals surface area contributed by atoms with Crippen molar-refractivity contribution in [2.24, 2.45) is 10.9 Å². The molecule has 2 heterocycles. The zero-order chi connectivity index (χ0) is 18.2. The summed E-state index contributed by atoms with van der Waals surface area (Å²) in [5, 5.41) is 10.2. The molecule has 0 radical (unpaired) electrons. The van der Waals surface area contributed by atoms with Crippen LogP contribution in [0.1, 0.15) is 64.1 Å². The van der Waals surface area contributed by atoms with Crippen LogP contribution in [0.4, 0.5) is 0 Å². The van der Waals surface area contributed by atoms with Gasteiger partial charge in [0.25, 0.3) is 0 Å². The molecule has 0 spiro atoms. The summed E-state index contributed by atoms with van der Waals surface area (Å²) in [6, 6.07) is 0.568. The standard InChI is InChI=1S/C19H35N5S/c1-6-20-19(22-12-18-23-16(13-25-18)14(2)3)21-11-17(15(4)5)24-9-7-8-10-24/h13-15,17H,6-12H2,1-5H3,(H2,20,21,22). The van der Waals surface area contributed by atoms with Gasteiger partial charge in [0, 0.05) is 24.5 Å². The van der Waals surface area contributed by atoms with Crippen LogP contribution in [-0.4, -0.2) is 48.1 Å². The molecule has 0 amide bonds. The van der Waals surface area contributed by atoms with Gasteiger partial charge in [-0.3, -0.25) is 4.90 Å². The van der Waals surface area contributed by atoms with Crippen LogP contribution in [0.2, 0.25) is 0 Å². The van der Waals surface area contributed by atoms with Gasteiger partial charge >= 0.3 is 0 Å². The number of rotatable bonds is 8. The minimum atomic E-state index is 0.479. The van der Waals surface area contributed by atoms with Gasteiger partial charge in [0.05, 0.1) is 12.2 Å². The first-order valence-corrected chi connectivity index (χ1v) is 10.6. The summed E-state index contributed by atoms with van der Waals surface area (Å²) in [6.45, 7) is 16.0. The first kappa shape index (κ1) is 20.2. The van der Waals surface area contributed by atoms with Crippen molar-refractivity contribution in [2.45, 2.75) is 66.0 Å². The van der Waals surface area contributed by atoms with Gasteiger partial charge in [0.1, 0.15) is 5.01 Å². The number of aromatic nitrogens is 1. The van der Waals surface area contributed by atoms with Gasteiger partial charge in [-0.1, -0.05) is 27.7 Å². The zero-order valence-electron chi connectivity index (χ0n) is 16.5. The van der Waals surface area contributed by atoms with Gasteiger partial charge < -0.3 is 10.6 Å². The molecule has 1 aliphatic heterocycles. The van der Waals surface area contributed by atoms with Crippen molar-refractivity contribution in [3.05, 3.63) is 16.1 Å². The maximum absolute atomic E-state index is 4.74. The van der Waals surface area contributed by atoms with Crippen LogP contribution in [0.5, 0.6) is 0 Å². The Morgan fingerprint density at radius 3 is 2.52 bits per heavy atom. The third-order valence-corrected chi connectivity index (χ3v) is 5.59. The second-order valence-electron chi connectivity index (χ2n) is 7.45. The van der Waals surface area contributed by atoms with E-state index in [9.17, 15) is 0 Å². The van der Waals surface area contributed by atoms with E-state index in [0.29, 0.717) is 24.4 Å². The molecule has 0 saturated carbocycles. The Kier molecular flexibility index (Phi) is 8.16. The third-order valence-electron chi connectivity index (χ3n) is 4.74. The van der Waals surface area contributed by atoms with Gasteiger partial charge in [-0.15, -0.1) is 11.3 Å². The molecule has 0 aromatic carbocycles. The Labute approximate surface area is 157 Å². The van der Waals surface area contributed by atoms with Crippen LogP contribution in [0.3, 0.4) is 0 Å². The summed E-state index contributed by atoms with van der Waals surface area (Å²) >= 11 is 1.71. The van der Waals surface area contributed by atoms with E-state index < -0.39 is 0 Å². The van der Waals surface area contributed by atoms with E-state index in [0.717, 1.165) is 24.1 Å². The molecular weight excluding hydrogens is 330 g/mol. The summed E-state index contributed by atoms with van der Waals surface area (Å²) in [6.07, 6.45) is 2.67. The predicted molar refractivity (Wildman–Crippen MR) is 108 cm³/mol. The normalized spacial score (nSPS) is 17.5. The maximum Gasteiger partial charge on any atom is 0.191 e. The molecule has 1 unspecified atom stereocenters. The van der Waals surface area contributed by atoms with Crippen LogP contribution in [0.25, 0.3) is 0 Å². The second kappa shape index (κ2) is 10.1. The SMILES string of the molecule is CCNC(=NCc1nc(C(C)C)cs1)NCC(C(C)C)N1CCCC1. The smallest absolute Gasteiger partial charge is 0.191 e. The quantitative estimate of drug-likeness (QED) is 0.547. The highest BCUT2D eigenvalue weighted by atomic mass is 32.1. The molecule has 1 saturated heterocycles. The van der Waals surface area contributed by atoms with Crippen molar-refractivity contribution in [1.82, 2.24) is 20.5 Å². The second-order valence-corrected chi connectivity index (χ2v) is 8.39. The zero-order valence-corrected chi connectivity index (χ0v) is 17.3. The number of hydrogen-bond acceptors (Lipinski definition) is 4. The number of nitrogens with zero attached hydrogens (tertiary/aromatic N) is 3. The molecule has 1 aromatic rings. The summed E-state index contributed by atoms with van der Waals surface area (Å²) < 4.78 is 0. The lowest BCUT2D eigenvalue weighted by molar-refractivity contribution is 0.192. The summed E-state index contributed by atoms with van der Waals surface area (Å²) in [4.78, 5) is 12.0. The molecule has 25 heavy (non-hydrogen) atoms.